The van der Waals surface area contributed by atoms with E-state index >= 15 is 0 Å². The van der Waals surface area contributed by atoms with E-state index in [1.54, 1.807) is 0 Å². The fourth-order valence-corrected chi connectivity index (χ4v) is 1.34. The number of ether oxygens (including phenoxy) is 1. The maximum atomic E-state index is 9.52. The highest BCUT2D eigenvalue weighted by molar-refractivity contribution is 4.80. The van der Waals surface area contributed by atoms with E-state index in [1.807, 2.05) is 0 Å². The molecule has 0 aromatic carbocycles. The molecule has 0 aromatic heterocycles. The molecule has 0 bridgehead atoms. The van der Waals surface area contributed by atoms with E-state index in [0.717, 1.165) is 26.1 Å². The van der Waals surface area contributed by atoms with Crippen LogP contribution in [0.2, 0.25) is 0 Å². The highest BCUT2D eigenvalue weighted by Crippen LogP contribution is 2.33. The van der Waals surface area contributed by atoms with Crippen LogP contribution in [-0.4, -0.2) is 24.4 Å². The van der Waals surface area contributed by atoms with Crippen LogP contribution in [0, 0.1) is 11.8 Å². The number of aliphatic hydroxyl groups is 1. The van der Waals surface area contributed by atoms with Gasteiger partial charge in [0.2, 0.25) is 0 Å². The van der Waals surface area contributed by atoms with Crippen molar-refractivity contribution in [1.82, 2.24) is 0 Å². The molecule has 0 aliphatic heterocycles. The lowest BCUT2D eigenvalue weighted by Crippen LogP contribution is -2.13. The summed E-state index contributed by atoms with van der Waals surface area (Å²) in [6.07, 6.45) is 4.28. The minimum absolute atomic E-state index is 0.0981. The summed E-state index contributed by atoms with van der Waals surface area (Å²) in [6.45, 7) is 5.96. The molecule has 1 rings (SSSR count). The number of aliphatic hydroxyl groups excluding tert-OH is 1. The lowest BCUT2D eigenvalue weighted by molar-refractivity contribution is 0.0677. The Morgan fingerprint density at radius 1 is 1.23 bits per heavy atom. The molecule has 78 valence electrons. The zero-order valence-electron chi connectivity index (χ0n) is 8.83. The van der Waals surface area contributed by atoms with Crippen molar-refractivity contribution in [2.24, 2.45) is 11.8 Å². The largest absolute Gasteiger partial charge is 0.393 e. The Kier molecular flexibility index (Phi) is 4.74. The van der Waals surface area contributed by atoms with Gasteiger partial charge in [-0.2, -0.15) is 0 Å². The molecule has 0 radical (unpaired) electrons. The van der Waals surface area contributed by atoms with Crippen LogP contribution in [0.15, 0.2) is 0 Å². The standard InChI is InChI=1S/C11H22O2/c1-9(2)5-7-13-8-6-11(12)10-3-4-10/h9-12H,3-8H2,1-2H3. The zero-order chi connectivity index (χ0) is 9.68. The van der Waals surface area contributed by atoms with Crippen LogP contribution in [0.25, 0.3) is 0 Å². The molecule has 1 aliphatic rings. The van der Waals surface area contributed by atoms with E-state index in [2.05, 4.69) is 13.8 Å². The molecule has 2 heteroatoms. The van der Waals surface area contributed by atoms with Crippen molar-refractivity contribution in [1.29, 1.82) is 0 Å². The monoisotopic (exact) mass is 186 g/mol. The van der Waals surface area contributed by atoms with Gasteiger partial charge in [0.15, 0.2) is 0 Å². The second-order valence-corrected chi connectivity index (χ2v) is 4.49. The molecule has 13 heavy (non-hydrogen) atoms. The Bertz CT molecular complexity index is 130. The first-order chi connectivity index (χ1) is 6.20. The molecule has 0 heterocycles. The maximum Gasteiger partial charge on any atom is 0.0590 e. The van der Waals surface area contributed by atoms with Crippen LogP contribution in [0.5, 0.6) is 0 Å². The van der Waals surface area contributed by atoms with Gasteiger partial charge in [0.05, 0.1) is 6.10 Å². The first kappa shape index (κ1) is 11.0. The summed E-state index contributed by atoms with van der Waals surface area (Å²) >= 11 is 0. The average molecular weight is 186 g/mol. The molecule has 0 saturated heterocycles. The third-order valence-electron chi connectivity index (χ3n) is 2.56. The van der Waals surface area contributed by atoms with Crippen LogP contribution < -0.4 is 0 Å². The van der Waals surface area contributed by atoms with Crippen molar-refractivity contribution in [3.05, 3.63) is 0 Å². The fraction of sp³-hybridized carbons (Fsp3) is 1.00. The van der Waals surface area contributed by atoms with E-state index < -0.39 is 0 Å². The van der Waals surface area contributed by atoms with Crippen molar-refractivity contribution in [2.45, 2.75) is 45.6 Å². The van der Waals surface area contributed by atoms with Crippen LogP contribution in [0.1, 0.15) is 39.5 Å². The van der Waals surface area contributed by atoms with Crippen LogP contribution >= 0.6 is 0 Å². The van der Waals surface area contributed by atoms with E-state index in [-0.39, 0.29) is 6.10 Å². The van der Waals surface area contributed by atoms with Crippen molar-refractivity contribution in [3.63, 3.8) is 0 Å². The average Bonchev–Trinajstić information content (AvgIpc) is 2.85. The molecular formula is C11H22O2. The second kappa shape index (κ2) is 5.61. The summed E-state index contributed by atoms with van der Waals surface area (Å²) in [6, 6.07) is 0. The van der Waals surface area contributed by atoms with Crippen molar-refractivity contribution < 1.29 is 9.84 Å². The van der Waals surface area contributed by atoms with Crippen LogP contribution in [-0.2, 0) is 4.74 Å². The molecule has 0 spiro atoms. The molecule has 0 amide bonds. The van der Waals surface area contributed by atoms with Gasteiger partial charge in [0.25, 0.3) is 0 Å². The second-order valence-electron chi connectivity index (χ2n) is 4.49. The van der Waals surface area contributed by atoms with Gasteiger partial charge in [-0.3, -0.25) is 0 Å². The molecule has 1 aliphatic carbocycles. The molecule has 0 aromatic rings. The van der Waals surface area contributed by atoms with Gasteiger partial charge in [-0.1, -0.05) is 13.8 Å². The van der Waals surface area contributed by atoms with Crippen LogP contribution in [0.3, 0.4) is 0 Å². The Hall–Kier alpha value is -0.0800. The number of hydrogen-bond donors (Lipinski definition) is 1. The van der Waals surface area contributed by atoms with E-state index in [0.29, 0.717) is 11.8 Å². The third kappa shape index (κ3) is 5.27. The predicted molar refractivity (Wildman–Crippen MR) is 53.6 cm³/mol. The first-order valence-electron chi connectivity index (χ1n) is 5.46. The Balaban J connectivity index is 1.83. The summed E-state index contributed by atoms with van der Waals surface area (Å²) in [5.74, 6) is 1.31. The quantitative estimate of drug-likeness (QED) is 0.618. The Morgan fingerprint density at radius 3 is 2.38 bits per heavy atom. The molecule has 1 atom stereocenters. The summed E-state index contributed by atoms with van der Waals surface area (Å²) in [5.41, 5.74) is 0. The van der Waals surface area contributed by atoms with Gasteiger partial charge in [-0.15, -0.1) is 0 Å². The molecule has 1 unspecified atom stereocenters. The van der Waals surface area contributed by atoms with Gasteiger partial charge in [-0.05, 0) is 37.5 Å². The number of rotatable bonds is 7. The SMILES string of the molecule is CC(C)CCOCCC(O)C1CC1. The van der Waals surface area contributed by atoms with Crippen molar-refractivity contribution in [3.8, 4) is 0 Å². The fourth-order valence-electron chi connectivity index (χ4n) is 1.34. The highest BCUT2D eigenvalue weighted by atomic mass is 16.5. The smallest absolute Gasteiger partial charge is 0.0590 e. The summed E-state index contributed by atoms with van der Waals surface area (Å²) in [5, 5.41) is 9.52. The molecule has 1 N–H and O–H groups in total. The van der Waals surface area contributed by atoms with Gasteiger partial charge in [0, 0.05) is 13.2 Å². The lowest BCUT2D eigenvalue weighted by Gasteiger charge is -2.10. The zero-order valence-corrected chi connectivity index (χ0v) is 8.83. The van der Waals surface area contributed by atoms with E-state index in [1.165, 1.54) is 12.8 Å². The highest BCUT2D eigenvalue weighted by Gasteiger charge is 2.28. The summed E-state index contributed by atoms with van der Waals surface area (Å²) in [4.78, 5) is 0. The minimum atomic E-state index is -0.0981. The Labute approximate surface area is 81.3 Å². The predicted octanol–water partition coefficient (Wildman–Crippen LogP) is 2.21. The van der Waals surface area contributed by atoms with Crippen molar-refractivity contribution >= 4 is 0 Å². The first-order valence-corrected chi connectivity index (χ1v) is 5.46. The Morgan fingerprint density at radius 2 is 1.85 bits per heavy atom. The molecular weight excluding hydrogens is 164 g/mol. The van der Waals surface area contributed by atoms with E-state index in [9.17, 15) is 5.11 Å². The molecule has 2 nitrogen and oxygen atoms in total. The molecule has 1 fully saturated rings. The van der Waals surface area contributed by atoms with Gasteiger partial charge < -0.3 is 9.84 Å². The topological polar surface area (TPSA) is 29.5 Å². The molecule has 1 saturated carbocycles. The summed E-state index contributed by atoms with van der Waals surface area (Å²) in [7, 11) is 0. The van der Waals surface area contributed by atoms with Crippen LogP contribution in [0.4, 0.5) is 0 Å². The van der Waals surface area contributed by atoms with Gasteiger partial charge >= 0.3 is 0 Å². The van der Waals surface area contributed by atoms with Gasteiger partial charge in [0.1, 0.15) is 0 Å². The number of hydrogen-bond acceptors (Lipinski definition) is 2. The van der Waals surface area contributed by atoms with Crippen molar-refractivity contribution in [2.75, 3.05) is 13.2 Å². The summed E-state index contributed by atoms with van der Waals surface area (Å²) < 4.78 is 5.43. The lowest BCUT2D eigenvalue weighted by atomic mass is 10.1. The third-order valence-corrected chi connectivity index (χ3v) is 2.56. The van der Waals surface area contributed by atoms with Gasteiger partial charge in [-0.25, -0.2) is 0 Å². The van der Waals surface area contributed by atoms with E-state index in [4.69, 9.17) is 4.74 Å². The normalized spacial score (nSPS) is 19.4. The minimum Gasteiger partial charge on any atom is -0.393 e. The maximum absolute atomic E-state index is 9.52.